The molecule has 2 aliphatic rings. The van der Waals surface area contributed by atoms with Crippen molar-refractivity contribution < 1.29 is 14.2 Å². The molecule has 0 aliphatic carbocycles. The fraction of sp³-hybridized carbons (Fsp3) is 0.429. The summed E-state index contributed by atoms with van der Waals surface area (Å²) in [5.74, 6) is 2.94. The molecule has 0 bridgehead atoms. The Morgan fingerprint density at radius 2 is 1.84 bits per heavy atom. The molecular formula is C28H32N6O3. The molecule has 1 aromatic carbocycles. The molecule has 4 heterocycles. The maximum Gasteiger partial charge on any atom is 0.218 e. The van der Waals surface area contributed by atoms with Crippen molar-refractivity contribution in [3.8, 4) is 29.0 Å². The first-order valence-corrected chi connectivity index (χ1v) is 12.7. The van der Waals surface area contributed by atoms with Gasteiger partial charge in [-0.15, -0.1) is 0 Å². The number of likely N-dealkylation sites (tertiary alicyclic amines) is 1. The normalized spacial score (nSPS) is 17.2. The Hall–Kier alpha value is -3.74. The standard InChI is InChI=1S/C28H32N6O3/c1-34-11-7-19(8-12-34)23-4-6-26(33-28(23)35-2)32-27-16-24(30-18-31-27)20-3-5-25(21(15-20)17-29)37-22-9-13-36-14-10-22/h3-6,15-16,18-19,22H,7-14H2,1-2H3,(H,30,31,32,33). The van der Waals surface area contributed by atoms with Crippen molar-refractivity contribution in [1.82, 2.24) is 19.9 Å². The number of anilines is 2. The molecule has 9 nitrogen and oxygen atoms in total. The van der Waals surface area contributed by atoms with Crippen LogP contribution >= 0.6 is 0 Å². The third-order valence-electron chi connectivity index (χ3n) is 7.02. The average molecular weight is 501 g/mol. The summed E-state index contributed by atoms with van der Waals surface area (Å²) in [6, 6.07) is 13.7. The van der Waals surface area contributed by atoms with E-state index in [2.05, 4.69) is 39.4 Å². The number of benzene rings is 1. The highest BCUT2D eigenvalue weighted by molar-refractivity contribution is 5.67. The summed E-state index contributed by atoms with van der Waals surface area (Å²) in [5.41, 5.74) is 3.13. The fourth-order valence-electron chi connectivity index (χ4n) is 4.88. The second-order valence-electron chi connectivity index (χ2n) is 9.54. The van der Waals surface area contributed by atoms with Gasteiger partial charge < -0.3 is 24.4 Å². The Balaban J connectivity index is 1.32. The van der Waals surface area contributed by atoms with Gasteiger partial charge >= 0.3 is 0 Å². The lowest BCUT2D eigenvalue weighted by Crippen LogP contribution is -2.29. The van der Waals surface area contributed by atoms with Gasteiger partial charge in [0.1, 0.15) is 35.9 Å². The highest BCUT2D eigenvalue weighted by Crippen LogP contribution is 2.34. The predicted molar refractivity (Wildman–Crippen MR) is 140 cm³/mol. The van der Waals surface area contributed by atoms with Crippen molar-refractivity contribution in [3.05, 3.63) is 53.9 Å². The summed E-state index contributed by atoms with van der Waals surface area (Å²) in [5, 5.41) is 13.0. The quantitative estimate of drug-likeness (QED) is 0.501. The fourth-order valence-corrected chi connectivity index (χ4v) is 4.88. The maximum absolute atomic E-state index is 9.73. The number of rotatable bonds is 7. The first-order valence-electron chi connectivity index (χ1n) is 12.7. The van der Waals surface area contributed by atoms with Crippen LogP contribution in [0.2, 0.25) is 0 Å². The molecule has 37 heavy (non-hydrogen) atoms. The second kappa shape index (κ2) is 11.5. The lowest BCUT2D eigenvalue weighted by molar-refractivity contribution is 0.0254. The van der Waals surface area contributed by atoms with Crippen molar-refractivity contribution in [1.29, 1.82) is 5.26 Å². The number of nitrogens with zero attached hydrogens (tertiary/aromatic N) is 5. The Kier molecular flexibility index (Phi) is 7.78. The van der Waals surface area contributed by atoms with Gasteiger partial charge in [-0.25, -0.2) is 9.97 Å². The molecule has 5 rings (SSSR count). The molecule has 192 valence electrons. The summed E-state index contributed by atoms with van der Waals surface area (Å²) in [7, 11) is 3.82. The van der Waals surface area contributed by atoms with Gasteiger partial charge in [0.05, 0.1) is 31.6 Å². The first kappa shape index (κ1) is 24.9. The largest absolute Gasteiger partial charge is 0.489 e. The van der Waals surface area contributed by atoms with Gasteiger partial charge in [0.25, 0.3) is 0 Å². The zero-order valence-corrected chi connectivity index (χ0v) is 21.3. The van der Waals surface area contributed by atoms with Gasteiger partial charge in [0.15, 0.2) is 0 Å². The van der Waals surface area contributed by atoms with E-state index in [9.17, 15) is 5.26 Å². The number of hydrogen-bond acceptors (Lipinski definition) is 9. The van der Waals surface area contributed by atoms with Gasteiger partial charge in [-0.1, -0.05) is 0 Å². The number of nitriles is 1. The second-order valence-corrected chi connectivity index (χ2v) is 9.54. The highest BCUT2D eigenvalue weighted by atomic mass is 16.5. The smallest absolute Gasteiger partial charge is 0.218 e. The van der Waals surface area contributed by atoms with Gasteiger partial charge in [-0.3, -0.25) is 0 Å². The Morgan fingerprint density at radius 1 is 1.03 bits per heavy atom. The van der Waals surface area contributed by atoms with Crippen LogP contribution in [-0.2, 0) is 4.74 Å². The lowest BCUT2D eigenvalue weighted by atomic mass is 9.90. The van der Waals surface area contributed by atoms with E-state index >= 15 is 0 Å². The molecule has 2 saturated heterocycles. The molecule has 0 atom stereocenters. The van der Waals surface area contributed by atoms with E-state index in [4.69, 9.17) is 19.2 Å². The minimum absolute atomic E-state index is 0.0666. The SMILES string of the molecule is COc1nc(Nc2cc(-c3ccc(OC4CCOCC4)c(C#N)c3)ncn2)ccc1C1CCN(C)CC1. The topological polar surface area (TPSA) is 105 Å². The number of ether oxygens (including phenoxy) is 3. The number of aromatic nitrogens is 3. The minimum Gasteiger partial charge on any atom is -0.489 e. The van der Waals surface area contributed by atoms with Gasteiger partial charge in [0.2, 0.25) is 5.88 Å². The van der Waals surface area contributed by atoms with Crippen molar-refractivity contribution in [3.63, 3.8) is 0 Å². The molecule has 0 radical (unpaired) electrons. The maximum atomic E-state index is 9.73. The van der Waals surface area contributed by atoms with Crippen LogP contribution in [0, 0.1) is 11.3 Å². The predicted octanol–water partition coefficient (Wildman–Crippen LogP) is 4.53. The molecule has 3 aromatic rings. The van der Waals surface area contributed by atoms with E-state index in [-0.39, 0.29) is 6.10 Å². The molecule has 9 heteroatoms. The van der Waals surface area contributed by atoms with E-state index in [1.165, 1.54) is 6.33 Å². The Bertz CT molecular complexity index is 1260. The van der Waals surface area contributed by atoms with Crippen LogP contribution in [0.15, 0.2) is 42.7 Å². The third-order valence-corrected chi connectivity index (χ3v) is 7.02. The molecule has 2 aromatic heterocycles. The van der Waals surface area contributed by atoms with E-state index in [0.717, 1.165) is 49.9 Å². The van der Waals surface area contributed by atoms with Crippen LogP contribution in [0.3, 0.4) is 0 Å². The minimum atomic E-state index is 0.0666. The van der Waals surface area contributed by atoms with E-state index in [1.54, 1.807) is 13.2 Å². The summed E-state index contributed by atoms with van der Waals surface area (Å²) in [4.78, 5) is 15.8. The van der Waals surface area contributed by atoms with Gasteiger partial charge in [-0.05, 0) is 69.2 Å². The van der Waals surface area contributed by atoms with Crippen LogP contribution < -0.4 is 14.8 Å². The first-order chi connectivity index (χ1) is 18.1. The van der Waals surface area contributed by atoms with Gasteiger partial charge in [0, 0.05) is 30.0 Å². The van der Waals surface area contributed by atoms with E-state index in [1.807, 2.05) is 24.3 Å². The molecule has 0 spiro atoms. The van der Waals surface area contributed by atoms with Crippen LogP contribution in [0.25, 0.3) is 11.3 Å². The van der Waals surface area contributed by atoms with Crippen molar-refractivity contribution in [2.45, 2.75) is 37.7 Å². The van der Waals surface area contributed by atoms with Crippen molar-refractivity contribution in [2.24, 2.45) is 0 Å². The summed E-state index contributed by atoms with van der Waals surface area (Å²) in [6.07, 6.45) is 5.41. The number of pyridine rings is 1. The molecule has 2 aliphatic heterocycles. The van der Waals surface area contributed by atoms with Crippen LogP contribution in [0.1, 0.15) is 42.7 Å². The third kappa shape index (κ3) is 5.98. The number of methoxy groups -OCH3 is 1. The van der Waals surface area contributed by atoms with Crippen molar-refractivity contribution in [2.75, 3.05) is 45.8 Å². The Morgan fingerprint density at radius 3 is 2.59 bits per heavy atom. The van der Waals surface area contributed by atoms with Crippen LogP contribution in [-0.4, -0.2) is 66.4 Å². The number of nitrogens with one attached hydrogen (secondary N) is 1. The van der Waals surface area contributed by atoms with Crippen LogP contribution in [0.4, 0.5) is 11.6 Å². The molecule has 2 fully saturated rings. The molecular weight excluding hydrogens is 468 g/mol. The average Bonchev–Trinajstić information content (AvgIpc) is 2.94. The zero-order valence-electron chi connectivity index (χ0n) is 21.3. The monoisotopic (exact) mass is 500 g/mol. The van der Waals surface area contributed by atoms with Crippen LogP contribution in [0.5, 0.6) is 11.6 Å². The number of hydrogen-bond donors (Lipinski definition) is 1. The Labute approximate surface area is 217 Å². The lowest BCUT2D eigenvalue weighted by Gasteiger charge is -2.29. The van der Waals surface area contributed by atoms with E-state index in [0.29, 0.717) is 53.7 Å². The zero-order chi connectivity index (χ0) is 25.6. The summed E-state index contributed by atoms with van der Waals surface area (Å²) in [6.45, 7) is 3.52. The highest BCUT2D eigenvalue weighted by Gasteiger charge is 2.22. The summed E-state index contributed by atoms with van der Waals surface area (Å²) >= 11 is 0. The molecule has 0 saturated carbocycles. The van der Waals surface area contributed by atoms with Gasteiger partial charge in [-0.2, -0.15) is 10.2 Å². The summed E-state index contributed by atoms with van der Waals surface area (Å²) < 4.78 is 17.1. The molecule has 0 amide bonds. The van der Waals surface area contributed by atoms with E-state index < -0.39 is 0 Å². The number of piperidine rings is 1. The molecule has 1 N–H and O–H groups in total. The molecule has 0 unspecified atom stereocenters. The van der Waals surface area contributed by atoms with Crippen molar-refractivity contribution >= 4 is 11.6 Å².